The van der Waals surface area contributed by atoms with Crippen molar-refractivity contribution >= 4 is 20.2 Å². The zero-order valence-corrected chi connectivity index (χ0v) is 11.4. The molecule has 0 fully saturated rings. The van der Waals surface area contributed by atoms with Crippen LogP contribution >= 0.6 is 0 Å². The molecule has 0 aliphatic rings. The van der Waals surface area contributed by atoms with Crippen molar-refractivity contribution in [1.29, 1.82) is 0 Å². The Morgan fingerprint density at radius 2 is 2.00 bits per heavy atom. The molecule has 1 aromatic rings. The first-order valence-corrected chi connectivity index (χ1v) is 9.37. The van der Waals surface area contributed by atoms with E-state index in [1.165, 1.54) is 0 Å². The van der Waals surface area contributed by atoms with Crippen molar-refractivity contribution in [3.63, 3.8) is 0 Å². The molecule has 76 valence electrons. The average molecular weight is 299 g/mol. The Balaban J connectivity index is 2.24. The Bertz CT molecular complexity index is 272. The maximum atomic E-state index is 11.4. The van der Waals surface area contributed by atoms with E-state index in [1.54, 1.807) is 0 Å². The molecule has 0 saturated carbocycles. The van der Waals surface area contributed by atoms with E-state index in [0.29, 0.717) is 6.61 Å². The third-order valence-electron chi connectivity index (χ3n) is 1.98. The van der Waals surface area contributed by atoms with Crippen molar-refractivity contribution in [2.45, 2.75) is 30.8 Å². The molecule has 3 heteroatoms. The maximum absolute atomic E-state index is 11.4. The van der Waals surface area contributed by atoms with Crippen LogP contribution in [0.1, 0.15) is 25.3 Å². The standard InChI is InChI=1S/C7H7O.C4H9.O.Sn/c8-6-7-4-2-1-3-5-7;1-3-4-2;;/h1-5H,6H2;1,3-4H2,2H3;;/q-1;;;+1. The fraction of sp³-hybridized carbons (Fsp3) is 0.455. The van der Waals surface area contributed by atoms with Gasteiger partial charge in [0, 0.05) is 0 Å². The van der Waals surface area contributed by atoms with E-state index in [1.807, 2.05) is 30.3 Å². The first-order chi connectivity index (χ1) is 6.83. The second-order valence-corrected chi connectivity index (χ2v) is 7.62. The van der Waals surface area contributed by atoms with E-state index in [9.17, 15) is 3.08 Å². The van der Waals surface area contributed by atoms with Crippen LogP contribution in [0.3, 0.4) is 0 Å². The molecule has 0 N–H and O–H groups in total. The molecule has 0 aromatic heterocycles. The minimum atomic E-state index is -2.67. The van der Waals surface area contributed by atoms with Crippen molar-refractivity contribution < 1.29 is 6.15 Å². The van der Waals surface area contributed by atoms with Crippen molar-refractivity contribution in [1.82, 2.24) is 0 Å². The van der Waals surface area contributed by atoms with Gasteiger partial charge in [-0.3, -0.25) is 0 Å². The molecule has 0 aliphatic carbocycles. The van der Waals surface area contributed by atoms with Gasteiger partial charge in [0.25, 0.3) is 0 Å². The number of benzene rings is 1. The summed E-state index contributed by atoms with van der Waals surface area (Å²) in [5.74, 6) is 0. The van der Waals surface area contributed by atoms with Crippen molar-refractivity contribution in [2.24, 2.45) is 0 Å². The molecule has 0 aliphatic heterocycles. The van der Waals surface area contributed by atoms with E-state index in [-0.39, 0.29) is 0 Å². The Morgan fingerprint density at radius 3 is 2.64 bits per heavy atom. The van der Waals surface area contributed by atoms with Gasteiger partial charge in [0.05, 0.1) is 0 Å². The third kappa shape index (κ3) is 4.86. The van der Waals surface area contributed by atoms with Crippen molar-refractivity contribution in [2.75, 3.05) is 0 Å². The van der Waals surface area contributed by atoms with Gasteiger partial charge in [-0.25, -0.2) is 0 Å². The predicted molar refractivity (Wildman–Crippen MR) is 57.4 cm³/mol. The van der Waals surface area contributed by atoms with Crippen LogP contribution in [-0.4, -0.2) is 20.2 Å². The Labute approximate surface area is 92.9 Å². The van der Waals surface area contributed by atoms with Crippen LogP contribution in [0.4, 0.5) is 0 Å². The molecule has 0 unspecified atom stereocenters. The molecule has 14 heavy (non-hydrogen) atoms. The SMILES string of the molecule is CCC[CH2][Sn](=[O])[O]Cc1ccccc1. The van der Waals surface area contributed by atoms with Gasteiger partial charge in [-0.2, -0.15) is 0 Å². The topological polar surface area (TPSA) is 26.3 Å². The molecule has 0 atom stereocenters. The number of hydrogen-bond acceptors (Lipinski definition) is 2. The normalized spacial score (nSPS) is 10.1. The first kappa shape index (κ1) is 11.9. The number of hydrogen-bond donors (Lipinski definition) is 0. The zero-order valence-electron chi connectivity index (χ0n) is 8.53. The summed E-state index contributed by atoms with van der Waals surface area (Å²) in [7, 11) is 0. The summed E-state index contributed by atoms with van der Waals surface area (Å²) in [5.41, 5.74) is 1.11. The summed E-state index contributed by atoms with van der Waals surface area (Å²) in [5, 5.41) is 0. The molecular weight excluding hydrogens is 283 g/mol. The van der Waals surface area contributed by atoms with Gasteiger partial charge in [-0.15, -0.1) is 0 Å². The minimum absolute atomic E-state index is 0.517. The summed E-state index contributed by atoms with van der Waals surface area (Å²) in [6.07, 6.45) is 2.13. The van der Waals surface area contributed by atoms with Crippen LogP contribution < -0.4 is 0 Å². The van der Waals surface area contributed by atoms with Crippen molar-refractivity contribution in [3.8, 4) is 0 Å². The summed E-state index contributed by atoms with van der Waals surface area (Å²) in [6, 6.07) is 9.90. The van der Waals surface area contributed by atoms with E-state index >= 15 is 0 Å². The second-order valence-electron chi connectivity index (χ2n) is 3.25. The Kier molecular flexibility index (Phi) is 6.03. The number of rotatable bonds is 6. The number of unbranched alkanes of at least 4 members (excludes halogenated alkanes) is 1. The summed E-state index contributed by atoms with van der Waals surface area (Å²) in [4.78, 5) is 0. The van der Waals surface area contributed by atoms with E-state index in [2.05, 4.69) is 6.92 Å². The van der Waals surface area contributed by atoms with E-state index < -0.39 is 20.2 Å². The van der Waals surface area contributed by atoms with Gasteiger partial charge < -0.3 is 0 Å². The van der Waals surface area contributed by atoms with E-state index in [0.717, 1.165) is 22.8 Å². The van der Waals surface area contributed by atoms with Gasteiger partial charge in [0.1, 0.15) is 0 Å². The fourth-order valence-electron chi connectivity index (χ4n) is 1.13. The monoisotopic (exact) mass is 300 g/mol. The van der Waals surface area contributed by atoms with Crippen LogP contribution in [0.2, 0.25) is 4.44 Å². The summed E-state index contributed by atoms with van der Waals surface area (Å²) < 4.78 is 17.6. The predicted octanol–water partition coefficient (Wildman–Crippen LogP) is 2.92. The molecule has 0 bridgehead atoms. The average Bonchev–Trinajstić information content (AvgIpc) is 2.25. The van der Waals surface area contributed by atoms with Crippen LogP contribution in [-0.2, 0) is 12.8 Å². The second kappa shape index (κ2) is 7.12. The molecule has 0 amide bonds. The van der Waals surface area contributed by atoms with Crippen LogP contribution in [0.5, 0.6) is 0 Å². The first-order valence-electron chi connectivity index (χ1n) is 5.02. The molecule has 2 nitrogen and oxygen atoms in total. The van der Waals surface area contributed by atoms with Crippen molar-refractivity contribution in [3.05, 3.63) is 35.9 Å². The van der Waals surface area contributed by atoms with Crippen LogP contribution in [0, 0.1) is 0 Å². The Morgan fingerprint density at radius 1 is 1.29 bits per heavy atom. The third-order valence-corrected chi connectivity index (χ3v) is 5.48. The molecule has 0 saturated heterocycles. The molecule has 0 radical (unpaired) electrons. The van der Waals surface area contributed by atoms with Gasteiger partial charge in [-0.1, -0.05) is 0 Å². The van der Waals surface area contributed by atoms with Crippen LogP contribution in [0.25, 0.3) is 0 Å². The van der Waals surface area contributed by atoms with Gasteiger partial charge in [-0.05, 0) is 0 Å². The molecule has 0 heterocycles. The van der Waals surface area contributed by atoms with Gasteiger partial charge in [0.2, 0.25) is 0 Å². The Hall–Kier alpha value is -0.221. The van der Waals surface area contributed by atoms with Crippen LogP contribution in [0.15, 0.2) is 30.3 Å². The van der Waals surface area contributed by atoms with E-state index in [4.69, 9.17) is 3.07 Å². The quantitative estimate of drug-likeness (QED) is 0.755. The molecule has 1 aromatic carbocycles. The van der Waals surface area contributed by atoms with Gasteiger partial charge >= 0.3 is 93.0 Å². The van der Waals surface area contributed by atoms with Gasteiger partial charge in [0.15, 0.2) is 0 Å². The summed E-state index contributed by atoms with van der Waals surface area (Å²) >= 11 is -2.67. The molecule has 1 rings (SSSR count). The fourth-order valence-corrected chi connectivity index (χ4v) is 4.31. The summed E-state index contributed by atoms with van der Waals surface area (Å²) in [6.45, 7) is 2.62. The zero-order chi connectivity index (χ0) is 10.2. The molecular formula is C11H16O2Sn. The molecule has 0 spiro atoms.